The van der Waals surface area contributed by atoms with Crippen molar-refractivity contribution in [3.63, 3.8) is 0 Å². The lowest BCUT2D eigenvalue weighted by molar-refractivity contribution is -0.152. The fourth-order valence-corrected chi connectivity index (χ4v) is 3.11. The normalized spacial score (nSPS) is 12.7. The average molecular weight is 461 g/mol. The lowest BCUT2D eigenvalue weighted by Crippen LogP contribution is -2.52. The highest BCUT2D eigenvalue weighted by Gasteiger charge is 2.29. The summed E-state index contributed by atoms with van der Waals surface area (Å²) in [4.78, 5) is 55.1. The summed E-state index contributed by atoms with van der Waals surface area (Å²) in [5.41, 5.74) is 9.46. The number of nitrogens with one attached hydrogen (secondary N) is 4. The summed E-state index contributed by atoms with van der Waals surface area (Å²) in [6.07, 6.45) is 7.16. The average Bonchev–Trinajstić information content (AvgIpc) is 3.07. The maximum absolute atomic E-state index is 13.0. The second-order valence-corrected chi connectivity index (χ2v) is 7.93. The first kappa shape index (κ1) is 27.5. The third kappa shape index (κ3) is 9.65. The first-order valence-corrected chi connectivity index (χ1v) is 10.9. The Morgan fingerprint density at radius 2 is 1.91 bits per heavy atom. The lowest BCUT2D eigenvalue weighted by Gasteiger charge is -2.23. The highest BCUT2D eigenvalue weighted by molar-refractivity contribution is 6.25. The van der Waals surface area contributed by atoms with Gasteiger partial charge in [-0.15, -0.1) is 0 Å². The summed E-state index contributed by atoms with van der Waals surface area (Å²) in [7, 11) is 0. The van der Waals surface area contributed by atoms with Crippen molar-refractivity contribution in [1.29, 1.82) is 5.53 Å². The number of ketones is 1. The zero-order valence-electron chi connectivity index (χ0n) is 19.9. The van der Waals surface area contributed by atoms with Gasteiger partial charge in [0.05, 0.1) is 16.4 Å². The molecular formula is C23H34N5O5+. The SMILES string of the molecule is CC/C=C\c1[nH]cc(C[C@H](NC(C)=O)C(=O)N[C@@H](CCC(=O)C=[N+]=N)C(=O)OC(C)C)c1C. The van der Waals surface area contributed by atoms with Crippen molar-refractivity contribution >= 4 is 35.9 Å². The molecule has 0 aliphatic rings. The Labute approximate surface area is 193 Å². The first-order chi connectivity index (χ1) is 15.6. The molecule has 10 nitrogen and oxygen atoms in total. The molecule has 0 aromatic carbocycles. The van der Waals surface area contributed by atoms with Crippen molar-refractivity contribution in [2.24, 2.45) is 0 Å². The molecule has 0 spiro atoms. The number of hydrogen-bond donors (Lipinski definition) is 4. The molecule has 1 aromatic rings. The van der Waals surface area contributed by atoms with Gasteiger partial charge in [-0.3, -0.25) is 14.4 Å². The van der Waals surface area contributed by atoms with E-state index in [-0.39, 0.29) is 19.3 Å². The van der Waals surface area contributed by atoms with E-state index in [1.807, 2.05) is 26.0 Å². The van der Waals surface area contributed by atoms with Crippen molar-refractivity contribution < 1.29 is 28.7 Å². The van der Waals surface area contributed by atoms with Crippen LogP contribution in [-0.4, -0.2) is 57.7 Å². The molecule has 1 heterocycles. The van der Waals surface area contributed by atoms with E-state index in [0.717, 1.165) is 29.5 Å². The number of aromatic nitrogens is 1. The zero-order valence-corrected chi connectivity index (χ0v) is 19.9. The Morgan fingerprint density at radius 1 is 1.21 bits per heavy atom. The van der Waals surface area contributed by atoms with E-state index in [1.165, 1.54) is 6.92 Å². The van der Waals surface area contributed by atoms with Gasteiger partial charge in [0.25, 0.3) is 0 Å². The number of aromatic amines is 1. The van der Waals surface area contributed by atoms with Gasteiger partial charge in [0, 0.05) is 31.7 Å². The van der Waals surface area contributed by atoms with Gasteiger partial charge in [-0.2, -0.15) is 0 Å². The third-order valence-electron chi connectivity index (χ3n) is 4.77. The molecule has 0 fully saturated rings. The Kier molecular flexibility index (Phi) is 11.5. The second kappa shape index (κ2) is 13.8. The minimum atomic E-state index is -1.09. The Morgan fingerprint density at radius 3 is 2.48 bits per heavy atom. The van der Waals surface area contributed by atoms with Crippen LogP contribution in [0.2, 0.25) is 0 Å². The molecule has 33 heavy (non-hydrogen) atoms. The minimum Gasteiger partial charge on any atom is -0.461 e. The van der Waals surface area contributed by atoms with Crippen molar-refractivity contribution in [3.05, 3.63) is 29.1 Å². The van der Waals surface area contributed by atoms with E-state index < -0.39 is 41.8 Å². The van der Waals surface area contributed by atoms with Gasteiger partial charge >= 0.3 is 12.2 Å². The fourth-order valence-electron chi connectivity index (χ4n) is 3.11. The van der Waals surface area contributed by atoms with Gasteiger partial charge in [0.15, 0.2) is 0 Å². The maximum atomic E-state index is 13.0. The number of allylic oxidation sites excluding steroid dienone is 1. The van der Waals surface area contributed by atoms with Crippen molar-refractivity contribution in [2.75, 3.05) is 0 Å². The summed E-state index contributed by atoms with van der Waals surface area (Å²) in [6.45, 7) is 8.61. The number of ether oxygens (including phenoxy) is 1. The van der Waals surface area contributed by atoms with Crippen LogP contribution >= 0.6 is 0 Å². The number of carbonyl (C=O) groups is 4. The van der Waals surface area contributed by atoms with Crippen LogP contribution in [0.15, 0.2) is 12.3 Å². The van der Waals surface area contributed by atoms with Crippen molar-refractivity contribution in [3.8, 4) is 0 Å². The largest absolute Gasteiger partial charge is 0.461 e. The van der Waals surface area contributed by atoms with E-state index in [1.54, 1.807) is 20.0 Å². The highest BCUT2D eigenvalue weighted by Crippen LogP contribution is 2.17. The van der Waals surface area contributed by atoms with Crippen LogP contribution in [-0.2, 0) is 30.3 Å². The smallest absolute Gasteiger partial charge is 0.372 e. The van der Waals surface area contributed by atoms with Crippen LogP contribution in [0.25, 0.3) is 6.08 Å². The molecule has 10 heteroatoms. The van der Waals surface area contributed by atoms with Gasteiger partial charge in [-0.05, 0) is 50.8 Å². The molecule has 0 saturated heterocycles. The first-order valence-electron chi connectivity index (χ1n) is 10.9. The van der Waals surface area contributed by atoms with Gasteiger partial charge in [0.2, 0.25) is 17.6 Å². The molecule has 0 aliphatic heterocycles. The minimum absolute atomic E-state index is 0.0237. The number of nitrogens with zero attached hydrogens (tertiary/aromatic N) is 1. The highest BCUT2D eigenvalue weighted by atomic mass is 16.5. The molecule has 1 rings (SSSR count). The van der Waals surface area contributed by atoms with Gasteiger partial charge in [-0.1, -0.05) is 13.0 Å². The number of Topliss-reactive ketones (excluding diaryl/α,β-unsaturated/α-hetero) is 1. The van der Waals surface area contributed by atoms with Gasteiger partial charge in [-0.25, -0.2) is 4.79 Å². The molecule has 4 N–H and O–H groups in total. The topological polar surface area (TPSA) is 155 Å². The molecule has 0 bridgehead atoms. The van der Waals surface area contributed by atoms with Crippen LogP contribution < -0.4 is 10.6 Å². The zero-order chi connectivity index (χ0) is 25.0. The molecule has 2 amide bonds. The fraction of sp³-hybridized carbons (Fsp3) is 0.522. The molecule has 0 aliphatic carbocycles. The summed E-state index contributed by atoms with van der Waals surface area (Å²) >= 11 is 0. The third-order valence-corrected chi connectivity index (χ3v) is 4.77. The molecule has 0 radical (unpaired) electrons. The Bertz CT molecular complexity index is 928. The van der Waals surface area contributed by atoms with E-state index in [2.05, 4.69) is 20.4 Å². The van der Waals surface area contributed by atoms with Crippen LogP contribution in [0.3, 0.4) is 0 Å². The number of hydrogen-bond acceptors (Lipinski definition) is 6. The van der Waals surface area contributed by atoms with Crippen LogP contribution in [0.1, 0.15) is 63.8 Å². The quantitative estimate of drug-likeness (QED) is 0.153. The molecule has 0 saturated carbocycles. The number of esters is 1. The predicted molar refractivity (Wildman–Crippen MR) is 123 cm³/mol. The second-order valence-electron chi connectivity index (χ2n) is 7.93. The molecule has 2 atom stereocenters. The van der Waals surface area contributed by atoms with E-state index in [0.29, 0.717) is 0 Å². The van der Waals surface area contributed by atoms with Crippen LogP contribution in [0.5, 0.6) is 0 Å². The van der Waals surface area contributed by atoms with Crippen molar-refractivity contribution in [2.45, 2.75) is 78.5 Å². The Hall–Kier alpha value is -3.52. The number of rotatable bonds is 13. The summed E-state index contributed by atoms with van der Waals surface area (Å²) in [5.74, 6) is -2.09. The van der Waals surface area contributed by atoms with Crippen molar-refractivity contribution in [1.82, 2.24) is 15.6 Å². The summed E-state index contributed by atoms with van der Waals surface area (Å²) < 4.78 is 5.21. The van der Waals surface area contributed by atoms with Crippen LogP contribution in [0, 0.1) is 12.5 Å². The van der Waals surface area contributed by atoms with Gasteiger partial charge < -0.3 is 20.4 Å². The predicted octanol–water partition coefficient (Wildman–Crippen LogP) is 1.89. The summed E-state index contributed by atoms with van der Waals surface area (Å²) in [5, 5.41) is 5.24. The maximum Gasteiger partial charge on any atom is 0.372 e. The molecule has 180 valence electrons. The molecule has 0 unspecified atom stereocenters. The molecular weight excluding hydrogens is 426 g/mol. The van der Waals surface area contributed by atoms with E-state index >= 15 is 0 Å². The molecule has 1 aromatic heterocycles. The Balaban J connectivity index is 3.05. The number of amides is 2. The van der Waals surface area contributed by atoms with E-state index in [4.69, 9.17) is 10.3 Å². The number of carbonyl (C=O) groups excluding carboxylic acids is 4. The van der Waals surface area contributed by atoms with E-state index in [9.17, 15) is 19.2 Å². The lowest BCUT2D eigenvalue weighted by atomic mass is 10.0. The standard InChI is InChI=1S/C23H33N5O5/c1-6-7-8-19-15(4)17(12-25-19)11-21(27-16(5)29)22(31)28-20(23(32)33-14(2)3)10-9-18(30)13-26-24/h7-8,12-14,20-21,24-25H,6,9-11H2,1-5H3,(H-,27,28,29,31)/p+1/b8-7-/t20-,21-/m0/s1. The monoisotopic (exact) mass is 460 g/mol. The summed E-state index contributed by atoms with van der Waals surface area (Å²) in [6, 6.07) is -2.02. The number of H-pyrrole nitrogens is 1. The van der Waals surface area contributed by atoms with Crippen LogP contribution in [0.4, 0.5) is 0 Å². The van der Waals surface area contributed by atoms with Gasteiger partial charge in [0.1, 0.15) is 12.1 Å².